The molecule has 0 saturated heterocycles. The van der Waals surface area contributed by atoms with E-state index in [0.717, 1.165) is 29.7 Å². The molecular weight excluding hydrogens is 310 g/mol. The molecule has 2 N–H and O–H groups in total. The van der Waals surface area contributed by atoms with E-state index in [1.54, 1.807) is 11.4 Å². The molecular formula is C14H13NO4S2. The van der Waals surface area contributed by atoms with Crippen molar-refractivity contribution >= 4 is 39.6 Å². The minimum atomic E-state index is -0.978. The van der Waals surface area contributed by atoms with Crippen LogP contribution in [0.1, 0.15) is 36.9 Å². The Labute approximate surface area is 129 Å². The van der Waals surface area contributed by atoms with Gasteiger partial charge in [-0.15, -0.1) is 22.7 Å². The normalized spacial score (nSPS) is 13.0. The first-order valence-corrected chi connectivity index (χ1v) is 8.11. The van der Waals surface area contributed by atoms with Crippen LogP contribution >= 0.6 is 22.7 Å². The number of aryl methyl sites for hydroxylation is 1. The van der Waals surface area contributed by atoms with Gasteiger partial charge in [0.2, 0.25) is 0 Å². The van der Waals surface area contributed by atoms with Gasteiger partial charge in [-0.1, -0.05) is 0 Å². The zero-order chi connectivity index (χ0) is 15.0. The van der Waals surface area contributed by atoms with E-state index >= 15 is 0 Å². The third kappa shape index (κ3) is 2.54. The number of thiophene rings is 2. The van der Waals surface area contributed by atoms with Crippen molar-refractivity contribution in [2.75, 3.05) is 12.4 Å². The Kier molecular flexibility index (Phi) is 3.69. The zero-order valence-electron chi connectivity index (χ0n) is 11.3. The highest BCUT2D eigenvalue weighted by Crippen LogP contribution is 2.39. The Balaban J connectivity index is 1.88. The number of carbonyl (C=O) groups is 2. The highest BCUT2D eigenvalue weighted by atomic mass is 32.1. The van der Waals surface area contributed by atoms with Crippen LogP contribution in [0.2, 0.25) is 0 Å². The summed E-state index contributed by atoms with van der Waals surface area (Å²) in [5.74, 6) is -0.656. The van der Waals surface area contributed by atoms with Crippen LogP contribution in [0.5, 0.6) is 5.75 Å². The lowest BCUT2D eigenvalue weighted by molar-refractivity contribution is 0.0697. The van der Waals surface area contributed by atoms with Crippen molar-refractivity contribution in [1.29, 1.82) is 0 Å². The molecule has 0 fully saturated rings. The number of rotatable bonds is 4. The fraction of sp³-hybridized carbons (Fsp3) is 0.286. The number of ether oxygens (including phenoxy) is 1. The predicted molar refractivity (Wildman–Crippen MR) is 82.1 cm³/mol. The zero-order valence-corrected chi connectivity index (χ0v) is 12.9. The maximum atomic E-state index is 12.2. The monoisotopic (exact) mass is 323 g/mol. The smallest absolute Gasteiger partial charge is 0.339 e. The van der Waals surface area contributed by atoms with E-state index < -0.39 is 5.97 Å². The number of methoxy groups -OCH3 is 1. The van der Waals surface area contributed by atoms with Crippen LogP contribution in [-0.4, -0.2) is 24.1 Å². The van der Waals surface area contributed by atoms with Gasteiger partial charge in [0.25, 0.3) is 5.91 Å². The van der Waals surface area contributed by atoms with E-state index in [2.05, 4.69) is 5.32 Å². The molecule has 0 saturated carbocycles. The standard InChI is InChI=1S/C14H13NO4S2/c1-19-7-5-10(20-6-7)12(16)15-13-11(14(17)18)8-3-2-4-9(8)21-13/h5-6H,2-4H2,1H3,(H,15,16)(H,17,18). The van der Waals surface area contributed by atoms with E-state index in [1.165, 1.54) is 29.8 Å². The number of carbonyl (C=O) groups excluding carboxylic acids is 1. The lowest BCUT2D eigenvalue weighted by atomic mass is 10.1. The number of carboxylic acids is 1. The minimum Gasteiger partial charge on any atom is -0.496 e. The molecule has 7 heteroatoms. The topological polar surface area (TPSA) is 75.6 Å². The number of aromatic carboxylic acids is 1. The van der Waals surface area contributed by atoms with Crippen molar-refractivity contribution in [3.8, 4) is 5.75 Å². The lowest BCUT2D eigenvalue weighted by Gasteiger charge is -2.03. The molecule has 0 bridgehead atoms. The van der Waals surface area contributed by atoms with Crippen LogP contribution in [0.15, 0.2) is 11.4 Å². The summed E-state index contributed by atoms with van der Waals surface area (Å²) in [7, 11) is 1.54. The van der Waals surface area contributed by atoms with E-state index in [1.807, 2.05) is 0 Å². The van der Waals surface area contributed by atoms with Crippen molar-refractivity contribution < 1.29 is 19.4 Å². The molecule has 21 heavy (non-hydrogen) atoms. The molecule has 0 radical (unpaired) electrons. The second-order valence-electron chi connectivity index (χ2n) is 4.67. The van der Waals surface area contributed by atoms with Gasteiger partial charge in [-0.2, -0.15) is 0 Å². The average Bonchev–Trinajstić information content (AvgIpc) is 3.12. The second-order valence-corrected chi connectivity index (χ2v) is 6.69. The summed E-state index contributed by atoms with van der Waals surface area (Å²) in [6.07, 6.45) is 2.65. The molecule has 1 aliphatic carbocycles. The summed E-state index contributed by atoms with van der Waals surface area (Å²) in [6, 6.07) is 1.64. The maximum absolute atomic E-state index is 12.2. The summed E-state index contributed by atoms with van der Waals surface area (Å²) in [5, 5.41) is 14.3. The Hall–Kier alpha value is -1.86. The van der Waals surface area contributed by atoms with Gasteiger partial charge in [-0.25, -0.2) is 4.79 Å². The van der Waals surface area contributed by atoms with E-state index in [4.69, 9.17) is 4.74 Å². The SMILES string of the molecule is COc1csc(C(=O)Nc2sc3c(c2C(=O)O)CCC3)c1. The summed E-state index contributed by atoms with van der Waals surface area (Å²) in [5.41, 5.74) is 1.14. The molecule has 0 spiro atoms. The Morgan fingerprint density at radius 2 is 2.19 bits per heavy atom. The van der Waals surface area contributed by atoms with Crippen LogP contribution in [0, 0.1) is 0 Å². The van der Waals surface area contributed by atoms with Crippen LogP contribution in [0.25, 0.3) is 0 Å². The van der Waals surface area contributed by atoms with Crippen molar-refractivity contribution in [2.45, 2.75) is 19.3 Å². The molecule has 5 nitrogen and oxygen atoms in total. The molecule has 0 atom stereocenters. The van der Waals surface area contributed by atoms with Gasteiger partial charge in [-0.05, 0) is 24.8 Å². The number of hydrogen-bond donors (Lipinski definition) is 2. The molecule has 2 aromatic heterocycles. The van der Waals surface area contributed by atoms with Crippen molar-refractivity contribution in [1.82, 2.24) is 0 Å². The minimum absolute atomic E-state index is 0.254. The molecule has 110 valence electrons. The molecule has 2 aromatic rings. The number of amides is 1. The van der Waals surface area contributed by atoms with Gasteiger partial charge < -0.3 is 15.2 Å². The Bertz CT molecular complexity index is 717. The van der Waals surface area contributed by atoms with Gasteiger partial charge in [0.05, 0.1) is 17.6 Å². The summed E-state index contributed by atoms with van der Waals surface area (Å²) < 4.78 is 5.05. The highest BCUT2D eigenvalue weighted by Gasteiger charge is 2.27. The lowest BCUT2D eigenvalue weighted by Crippen LogP contribution is -2.12. The maximum Gasteiger partial charge on any atom is 0.339 e. The van der Waals surface area contributed by atoms with Crippen molar-refractivity contribution in [2.24, 2.45) is 0 Å². The Morgan fingerprint density at radius 1 is 1.38 bits per heavy atom. The van der Waals surface area contributed by atoms with E-state index in [0.29, 0.717) is 15.6 Å². The third-order valence-corrected chi connectivity index (χ3v) is 5.51. The van der Waals surface area contributed by atoms with Crippen molar-refractivity contribution in [3.05, 3.63) is 32.3 Å². The second kappa shape index (κ2) is 5.50. The number of anilines is 1. The first kappa shape index (κ1) is 14.1. The summed E-state index contributed by atoms with van der Waals surface area (Å²) >= 11 is 2.64. The van der Waals surface area contributed by atoms with Gasteiger partial charge in [0, 0.05) is 16.3 Å². The van der Waals surface area contributed by atoms with Gasteiger partial charge in [0.1, 0.15) is 10.8 Å². The number of hydrogen-bond acceptors (Lipinski definition) is 5. The van der Waals surface area contributed by atoms with E-state index in [-0.39, 0.29) is 11.5 Å². The molecule has 0 aliphatic heterocycles. The molecule has 0 aromatic carbocycles. The molecule has 0 unspecified atom stereocenters. The Morgan fingerprint density at radius 3 is 2.86 bits per heavy atom. The molecule has 1 amide bonds. The average molecular weight is 323 g/mol. The van der Waals surface area contributed by atoms with Crippen LogP contribution in [0.3, 0.4) is 0 Å². The highest BCUT2D eigenvalue weighted by molar-refractivity contribution is 7.17. The quantitative estimate of drug-likeness (QED) is 0.905. The third-order valence-electron chi connectivity index (χ3n) is 3.40. The predicted octanol–water partition coefficient (Wildman–Crippen LogP) is 3.26. The summed E-state index contributed by atoms with van der Waals surface area (Å²) in [6.45, 7) is 0. The molecule has 1 aliphatic rings. The number of nitrogens with one attached hydrogen (secondary N) is 1. The van der Waals surface area contributed by atoms with Gasteiger partial charge >= 0.3 is 5.97 Å². The first-order valence-electron chi connectivity index (χ1n) is 6.42. The fourth-order valence-corrected chi connectivity index (χ4v) is 4.45. The van der Waals surface area contributed by atoms with Gasteiger partial charge in [0.15, 0.2) is 0 Å². The molecule has 3 rings (SSSR count). The molecule has 2 heterocycles. The van der Waals surface area contributed by atoms with E-state index in [9.17, 15) is 14.7 Å². The van der Waals surface area contributed by atoms with Crippen LogP contribution in [0.4, 0.5) is 5.00 Å². The van der Waals surface area contributed by atoms with Gasteiger partial charge in [-0.3, -0.25) is 4.79 Å². The van der Waals surface area contributed by atoms with Crippen LogP contribution in [-0.2, 0) is 12.8 Å². The first-order chi connectivity index (χ1) is 10.1. The largest absolute Gasteiger partial charge is 0.496 e. The fourth-order valence-electron chi connectivity index (χ4n) is 2.43. The van der Waals surface area contributed by atoms with Crippen LogP contribution < -0.4 is 10.1 Å². The van der Waals surface area contributed by atoms with Crippen molar-refractivity contribution in [3.63, 3.8) is 0 Å². The number of carboxylic acid groups (broad SMARTS) is 1. The number of fused-ring (bicyclic) bond motifs is 1. The summed E-state index contributed by atoms with van der Waals surface area (Å²) in [4.78, 5) is 25.2.